The Kier molecular flexibility index (Phi) is 3.64. The van der Waals surface area contributed by atoms with E-state index in [0.29, 0.717) is 5.82 Å². The second-order valence-electron chi connectivity index (χ2n) is 5.76. The third-order valence-corrected chi connectivity index (χ3v) is 4.75. The lowest BCUT2D eigenvalue weighted by atomic mass is 10.0. The van der Waals surface area contributed by atoms with Gasteiger partial charge in [-0.3, -0.25) is 5.32 Å². The molecule has 3 atom stereocenters. The van der Waals surface area contributed by atoms with Crippen molar-refractivity contribution in [2.24, 2.45) is 5.92 Å². The van der Waals surface area contributed by atoms with Gasteiger partial charge in [0.15, 0.2) is 11.6 Å². The number of halogens is 3. The van der Waals surface area contributed by atoms with Crippen molar-refractivity contribution in [2.75, 3.05) is 11.9 Å². The van der Waals surface area contributed by atoms with Crippen LogP contribution in [0, 0.1) is 17.6 Å². The maximum absolute atomic E-state index is 14.0. The van der Waals surface area contributed by atoms with E-state index in [1.165, 1.54) is 0 Å². The monoisotopic (exact) mass is 395 g/mol. The van der Waals surface area contributed by atoms with E-state index in [1.54, 1.807) is 18.3 Å². The summed E-state index contributed by atoms with van der Waals surface area (Å²) in [5, 5.41) is 5.39. The minimum absolute atomic E-state index is 0.0458. The lowest BCUT2D eigenvalue weighted by molar-refractivity contribution is 0.247. The molecule has 2 amide bonds. The maximum Gasteiger partial charge on any atom is 0.320 e. The Balaban J connectivity index is 1.47. The summed E-state index contributed by atoms with van der Waals surface area (Å²) in [6.07, 6.45) is 1.56. The second kappa shape index (κ2) is 5.70. The molecule has 1 aliphatic carbocycles. The van der Waals surface area contributed by atoms with Gasteiger partial charge in [0.2, 0.25) is 0 Å². The molecule has 1 aromatic heterocycles. The number of benzene rings is 1. The van der Waals surface area contributed by atoms with Gasteiger partial charge in [-0.15, -0.1) is 0 Å². The lowest BCUT2D eigenvalue weighted by Crippen LogP contribution is -2.32. The number of urea groups is 1. The van der Waals surface area contributed by atoms with E-state index in [0.717, 1.165) is 16.6 Å². The maximum atomic E-state index is 14.0. The Morgan fingerprint density at radius 3 is 2.79 bits per heavy atom. The van der Waals surface area contributed by atoms with Crippen molar-refractivity contribution in [1.29, 1.82) is 0 Å². The average molecular weight is 396 g/mol. The number of ether oxygens (including phenoxy) is 1. The highest BCUT2D eigenvalue weighted by Gasteiger charge is 2.57. The van der Waals surface area contributed by atoms with E-state index in [9.17, 15) is 13.6 Å². The van der Waals surface area contributed by atoms with Gasteiger partial charge in [-0.25, -0.2) is 18.6 Å². The van der Waals surface area contributed by atoms with Crippen LogP contribution in [0.1, 0.15) is 11.5 Å². The Hall–Kier alpha value is -2.22. The van der Waals surface area contributed by atoms with E-state index in [4.69, 9.17) is 4.74 Å². The van der Waals surface area contributed by atoms with Gasteiger partial charge >= 0.3 is 6.03 Å². The van der Waals surface area contributed by atoms with Crippen LogP contribution in [0.25, 0.3) is 0 Å². The van der Waals surface area contributed by atoms with Crippen molar-refractivity contribution in [3.05, 3.63) is 52.1 Å². The van der Waals surface area contributed by atoms with Crippen molar-refractivity contribution < 1.29 is 18.3 Å². The molecule has 0 bridgehead atoms. The first-order valence-corrected chi connectivity index (χ1v) is 8.13. The number of hydrogen-bond acceptors (Lipinski definition) is 3. The molecule has 2 aromatic rings. The number of hydrogen-bond donors (Lipinski definition) is 2. The second-order valence-corrected chi connectivity index (χ2v) is 6.67. The van der Waals surface area contributed by atoms with Gasteiger partial charge in [0.1, 0.15) is 11.6 Å². The molecule has 124 valence electrons. The van der Waals surface area contributed by atoms with Crippen LogP contribution in [0.5, 0.6) is 5.75 Å². The molecule has 0 radical (unpaired) electrons. The minimum atomic E-state index is -0.584. The zero-order valence-corrected chi connectivity index (χ0v) is 13.8. The van der Waals surface area contributed by atoms with E-state index in [1.807, 2.05) is 0 Å². The molecule has 0 spiro atoms. The van der Waals surface area contributed by atoms with Crippen LogP contribution in [0.2, 0.25) is 0 Å². The van der Waals surface area contributed by atoms with Crippen LogP contribution in [0.4, 0.5) is 19.4 Å². The molecule has 5 nitrogen and oxygen atoms in total. The molecule has 0 unspecified atom stereocenters. The third kappa shape index (κ3) is 2.60. The third-order valence-electron chi connectivity index (χ3n) is 4.28. The van der Waals surface area contributed by atoms with Crippen molar-refractivity contribution in [3.8, 4) is 5.75 Å². The van der Waals surface area contributed by atoms with Crippen molar-refractivity contribution in [2.45, 2.75) is 12.0 Å². The molecule has 2 aliphatic rings. The van der Waals surface area contributed by atoms with Crippen molar-refractivity contribution in [1.82, 2.24) is 10.3 Å². The summed E-state index contributed by atoms with van der Waals surface area (Å²) in [5.41, 5.74) is 0.207. The summed E-state index contributed by atoms with van der Waals surface area (Å²) < 4.78 is 33.9. The van der Waals surface area contributed by atoms with Gasteiger partial charge in [-0.05, 0) is 40.2 Å². The van der Waals surface area contributed by atoms with Crippen LogP contribution < -0.4 is 15.4 Å². The Morgan fingerprint density at radius 2 is 2.04 bits per heavy atom. The molecule has 1 fully saturated rings. The average Bonchev–Trinajstić information content (AvgIpc) is 3.26. The zero-order chi connectivity index (χ0) is 16.8. The van der Waals surface area contributed by atoms with Gasteiger partial charge in [0, 0.05) is 34.1 Å². The Morgan fingerprint density at radius 1 is 1.25 bits per heavy atom. The van der Waals surface area contributed by atoms with Gasteiger partial charge in [0.25, 0.3) is 0 Å². The van der Waals surface area contributed by atoms with Gasteiger partial charge in [-0.1, -0.05) is 0 Å². The van der Waals surface area contributed by atoms with Crippen LogP contribution in [0.3, 0.4) is 0 Å². The topological polar surface area (TPSA) is 63.2 Å². The first-order chi connectivity index (χ1) is 11.5. The number of carbonyl (C=O) groups is 1. The van der Waals surface area contributed by atoms with Crippen LogP contribution >= 0.6 is 15.9 Å². The fourth-order valence-electron chi connectivity index (χ4n) is 3.11. The number of fused-ring (bicyclic) bond motifs is 3. The summed E-state index contributed by atoms with van der Waals surface area (Å²) in [6, 6.07) is 4.80. The predicted molar refractivity (Wildman–Crippen MR) is 86.0 cm³/mol. The minimum Gasteiger partial charge on any atom is -0.490 e. The highest BCUT2D eigenvalue weighted by molar-refractivity contribution is 9.10. The molecule has 24 heavy (non-hydrogen) atoms. The number of nitrogens with zero attached hydrogens (tertiary/aromatic N) is 1. The van der Waals surface area contributed by atoms with Gasteiger partial charge in [0.05, 0.1) is 6.61 Å². The van der Waals surface area contributed by atoms with Crippen LogP contribution in [-0.4, -0.2) is 23.7 Å². The predicted octanol–water partition coefficient (Wildman–Crippen LogP) is 3.42. The van der Waals surface area contributed by atoms with E-state index in [2.05, 4.69) is 31.5 Å². The zero-order valence-electron chi connectivity index (χ0n) is 12.2. The highest BCUT2D eigenvalue weighted by Crippen LogP contribution is 2.55. The van der Waals surface area contributed by atoms with Gasteiger partial charge in [-0.2, -0.15) is 0 Å². The molecule has 2 N–H and O–H groups in total. The first kappa shape index (κ1) is 15.3. The summed E-state index contributed by atoms with van der Waals surface area (Å²) >= 11 is 3.26. The van der Waals surface area contributed by atoms with Crippen molar-refractivity contribution >= 4 is 27.8 Å². The van der Waals surface area contributed by atoms with E-state index < -0.39 is 17.7 Å². The summed E-state index contributed by atoms with van der Waals surface area (Å²) in [5.74, 6) is -1.08. The normalized spacial score (nSPS) is 23.5. The largest absolute Gasteiger partial charge is 0.490 e. The molecule has 1 aromatic carbocycles. The van der Waals surface area contributed by atoms with Crippen LogP contribution in [0.15, 0.2) is 34.9 Å². The Labute approximate surface area is 144 Å². The molecule has 8 heteroatoms. The fourth-order valence-corrected chi connectivity index (χ4v) is 3.35. The summed E-state index contributed by atoms with van der Waals surface area (Å²) in [7, 11) is 0. The number of rotatable bonds is 2. The van der Waals surface area contributed by atoms with E-state index >= 15 is 0 Å². The molecule has 1 saturated carbocycles. The number of amides is 2. The number of carbonyl (C=O) groups excluding carboxylic acids is 1. The fraction of sp³-hybridized carbons (Fsp3) is 0.250. The Bertz CT molecular complexity index is 816. The lowest BCUT2D eigenvalue weighted by Gasteiger charge is -2.16. The molecule has 0 saturated heterocycles. The number of pyridine rings is 1. The quantitative estimate of drug-likeness (QED) is 0.818. The first-order valence-electron chi connectivity index (χ1n) is 7.34. The standard InChI is InChI=1S/C16H12BrF2N3O2/c17-7-1-4-11(20-5-7)21-16(23)22-14-8-6-24-15-10(19)3-2-9(18)13(15)12(8)14/h1-5,8,12,14H,6H2,(H2,20,21,22,23)/t8-,12-,14-/m1/s1. The smallest absolute Gasteiger partial charge is 0.320 e. The molecule has 1 aliphatic heterocycles. The molecule has 2 heterocycles. The van der Waals surface area contributed by atoms with Crippen LogP contribution in [-0.2, 0) is 0 Å². The van der Waals surface area contributed by atoms with E-state index in [-0.39, 0.29) is 35.8 Å². The van der Waals surface area contributed by atoms with Crippen molar-refractivity contribution in [3.63, 3.8) is 0 Å². The summed E-state index contributed by atoms with van der Waals surface area (Å²) in [4.78, 5) is 16.1. The molecule has 4 rings (SSSR count). The molecular formula is C16H12BrF2N3O2. The number of aromatic nitrogens is 1. The molecular weight excluding hydrogens is 384 g/mol. The summed E-state index contributed by atoms with van der Waals surface area (Å²) in [6.45, 7) is 0.250. The number of nitrogens with one attached hydrogen (secondary N) is 2. The number of anilines is 1. The SMILES string of the molecule is O=C(Nc1ccc(Br)cn1)N[C@@H]1[C@@H]2COc3c(F)ccc(F)c3[C@@H]21. The van der Waals surface area contributed by atoms with Gasteiger partial charge < -0.3 is 10.1 Å². The highest BCUT2D eigenvalue weighted by atomic mass is 79.9.